The molecule has 0 fully saturated rings. The number of aliphatic hydroxyl groups excluding tert-OH is 1. The van der Waals surface area contributed by atoms with Crippen LogP contribution in [0.4, 0.5) is 0 Å². The van der Waals surface area contributed by atoms with Crippen molar-refractivity contribution >= 4 is 0 Å². The number of hydrogen-bond donors (Lipinski definition) is 2. The highest BCUT2D eigenvalue weighted by Crippen LogP contribution is 2.11. The lowest BCUT2D eigenvalue weighted by Crippen LogP contribution is -2.18. The van der Waals surface area contributed by atoms with Crippen LogP contribution in [0.1, 0.15) is 20.3 Å². The number of allylic oxidation sites excluding steroid dienone is 2. The molecule has 0 saturated heterocycles. The molecule has 1 unspecified atom stereocenters. The monoisotopic (exact) mass is 182 g/mol. The molecule has 2 nitrogen and oxygen atoms in total. The third kappa shape index (κ3) is 6.31. The van der Waals surface area contributed by atoms with Crippen molar-refractivity contribution in [2.24, 2.45) is 0 Å². The maximum absolute atomic E-state index is 9.53. The minimum atomic E-state index is -0.837. The molecule has 0 heterocycles. The maximum Gasteiger partial charge on any atom is 0.0831 e. The smallest absolute Gasteiger partial charge is 0.0831 e. The van der Waals surface area contributed by atoms with E-state index >= 15 is 0 Å². The van der Waals surface area contributed by atoms with E-state index in [1.54, 1.807) is 13.0 Å². The Bertz CT molecular complexity index is 212. The minimum Gasteiger partial charge on any atom is -0.392 e. The number of rotatable bonds is 5. The van der Waals surface area contributed by atoms with Crippen LogP contribution in [-0.4, -0.2) is 22.4 Å². The average molecular weight is 182 g/mol. The van der Waals surface area contributed by atoms with Crippen molar-refractivity contribution in [3.05, 3.63) is 36.5 Å². The fourth-order valence-corrected chi connectivity index (χ4v) is 0.779. The maximum atomic E-state index is 9.53. The van der Waals surface area contributed by atoms with Crippen LogP contribution in [0, 0.1) is 0 Å². The van der Waals surface area contributed by atoms with Gasteiger partial charge in [0, 0.05) is 0 Å². The molecule has 74 valence electrons. The second-order valence-electron chi connectivity index (χ2n) is 3.30. The molecule has 0 aromatic carbocycles. The molecule has 0 aliphatic rings. The molecular formula is C11H18O2. The zero-order valence-electron chi connectivity index (χ0n) is 8.33. The highest BCUT2D eigenvalue weighted by molar-refractivity contribution is 5.16. The Kier molecular flexibility index (Phi) is 5.35. The van der Waals surface area contributed by atoms with Gasteiger partial charge in [-0.2, -0.15) is 0 Å². The van der Waals surface area contributed by atoms with Gasteiger partial charge in [-0.1, -0.05) is 29.9 Å². The third-order valence-electron chi connectivity index (χ3n) is 1.76. The summed E-state index contributed by atoms with van der Waals surface area (Å²) < 4.78 is 0. The van der Waals surface area contributed by atoms with E-state index in [9.17, 15) is 5.11 Å². The third-order valence-corrected chi connectivity index (χ3v) is 1.76. The first-order valence-electron chi connectivity index (χ1n) is 4.32. The van der Waals surface area contributed by atoms with Crippen molar-refractivity contribution in [1.82, 2.24) is 0 Å². The molecule has 0 rings (SSSR count). The van der Waals surface area contributed by atoms with Gasteiger partial charge in [-0.05, 0) is 20.3 Å². The molecule has 2 heteroatoms. The fourth-order valence-electron chi connectivity index (χ4n) is 0.779. The fraction of sp³-hybridized carbons (Fsp3) is 0.455. The van der Waals surface area contributed by atoms with E-state index in [1.807, 2.05) is 19.1 Å². The summed E-state index contributed by atoms with van der Waals surface area (Å²) in [5, 5.41) is 18.1. The second-order valence-corrected chi connectivity index (χ2v) is 3.30. The van der Waals surface area contributed by atoms with Crippen LogP contribution in [0.2, 0.25) is 0 Å². The molecule has 13 heavy (non-hydrogen) atoms. The molecule has 0 aliphatic heterocycles. The van der Waals surface area contributed by atoms with Crippen molar-refractivity contribution in [2.75, 3.05) is 6.61 Å². The summed E-state index contributed by atoms with van der Waals surface area (Å²) in [6.45, 7) is 7.18. The average Bonchev–Trinajstić information content (AvgIpc) is 2.05. The number of aliphatic hydroxyl groups is 2. The van der Waals surface area contributed by atoms with Crippen LogP contribution < -0.4 is 0 Å². The quantitative estimate of drug-likeness (QED) is 0.503. The second kappa shape index (κ2) is 5.73. The Morgan fingerprint density at radius 1 is 1.54 bits per heavy atom. The van der Waals surface area contributed by atoms with Crippen LogP contribution in [0.5, 0.6) is 0 Å². The zero-order chi connectivity index (χ0) is 10.3. The minimum absolute atomic E-state index is 0.0496. The summed E-state index contributed by atoms with van der Waals surface area (Å²) >= 11 is 0. The van der Waals surface area contributed by atoms with E-state index in [0.29, 0.717) is 6.42 Å². The molecule has 2 N–H and O–H groups in total. The predicted molar refractivity (Wildman–Crippen MR) is 55.4 cm³/mol. The Morgan fingerprint density at radius 2 is 2.15 bits per heavy atom. The van der Waals surface area contributed by atoms with Gasteiger partial charge in [0.15, 0.2) is 0 Å². The van der Waals surface area contributed by atoms with Gasteiger partial charge in [-0.15, -0.1) is 6.58 Å². The van der Waals surface area contributed by atoms with Crippen LogP contribution in [0.25, 0.3) is 0 Å². The van der Waals surface area contributed by atoms with Crippen LogP contribution in [0.3, 0.4) is 0 Å². The number of hydrogen-bond acceptors (Lipinski definition) is 2. The molecule has 0 aromatic heterocycles. The summed E-state index contributed by atoms with van der Waals surface area (Å²) in [5.74, 6) is 0. The van der Waals surface area contributed by atoms with Crippen LogP contribution in [0.15, 0.2) is 36.5 Å². The predicted octanol–water partition coefficient (Wildman–Crippen LogP) is 1.81. The van der Waals surface area contributed by atoms with E-state index in [-0.39, 0.29) is 6.61 Å². The van der Waals surface area contributed by atoms with Crippen LogP contribution in [-0.2, 0) is 0 Å². The van der Waals surface area contributed by atoms with Gasteiger partial charge in [0.05, 0.1) is 12.2 Å². The van der Waals surface area contributed by atoms with Gasteiger partial charge < -0.3 is 10.2 Å². The van der Waals surface area contributed by atoms with E-state index in [2.05, 4.69) is 6.58 Å². The summed E-state index contributed by atoms with van der Waals surface area (Å²) in [5.41, 5.74) is 0.151. The molecule has 0 aliphatic carbocycles. The SMILES string of the molecule is C=CC(C)(O)CC=CC(C)=CCO. The highest BCUT2D eigenvalue weighted by atomic mass is 16.3. The van der Waals surface area contributed by atoms with Gasteiger partial charge in [0.2, 0.25) is 0 Å². The molecule has 0 bridgehead atoms. The van der Waals surface area contributed by atoms with E-state index in [4.69, 9.17) is 5.11 Å². The lowest BCUT2D eigenvalue weighted by molar-refractivity contribution is 0.115. The van der Waals surface area contributed by atoms with Crippen molar-refractivity contribution in [3.8, 4) is 0 Å². The Labute approximate surface area is 79.9 Å². The van der Waals surface area contributed by atoms with Crippen molar-refractivity contribution in [3.63, 3.8) is 0 Å². The van der Waals surface area contributed by atoms with Crippen molar-refractivity contribution in [1.29, 1.82) is 0 Å². The standard InChI is InChI=1S/C11H18O2/c1-4-11(3,13)8-5-6-10(2)7-9-12/h4-7,12-13H,1,8-9H2,2-3H3. The lowest BCUT2D eigenvalue weighted by atomic mass is 10.0. The summed E-state index contributed by atoms with van der Waals surface area (Å²) in [7, 11) is 0. The van der Waals surface area contributed by atoms with Crippen molar-refractivity contribution < 1.29 is 10.2 Å². The Balaban J connectivity index is 4.01. The molecule has 0 aromatic rings. The van der Waals surface area contributed by atoms with Gasteiger partial charge in [-0.25, -0.2) is 0 Å². The zero-order valence-corrected chi connectivity index (χ0v) is 8.33. The van der Waals surface area contributed by atoms with Crippen molar-refractivity contribution in [2.45, 2.75) is 25.9 Å². The van der Waals surface area contributed by atoms with E-state index in [0.717, 1.165) is 5.57 Å². The normalized spacial score (nSPS) is 17.4. The molecular weight excluding hydrogens is 164 g/mol. The molecule has 0 spiro atoms. The lowest BCUT2D eigenvalue weighted by Gasteiger charge is -2.14. The summed E-state index contributed by atoms with van der Waals surface area (Å²) in [4.78, 5) is 0. The first kappa shape index (κ1) is 12.1. The Hall–Kier alpha value is -0.860. The first-order chi connectivity index (χ1) is 6.02. The largest absolute Gasteiger partial charge is 0.392 e. The first-order valence-corrected chi connectivity index (χ1v) is 4.32. The van der Waals surface area contributed by atoms with Gasteiger partial charge in [-0.3, -0.25) is 0 Å². The van der Waals surface area contributed by atoms with E-state index < -0.39 is 5.60 Å². The van der Waals surface area contributed by atoms with Gasteiger partial charge in [0.1, 0.15) is 0 Å². The topological polar surface area (TPSA) is 40.5 Å². The van der Waals surface area contributed by atoms with E-state index in [1.165, 1.54) is 6.08 Å². The molecule has 1 atom stereocenters. The summed E-state index contributed by atoms with van der Waals surface area (Å²) in [6.07, 6.45) is 7.49. The van der Waals surface area contributed by atoms with Gasteiger partial charge in [0.25, 0.3) is 0 Å². The summed E-state index contributed by atoms with van der Waals surface area (Å²) in [6, 6.07) is 0. The highest BCUT2D eigenvalue weighted by Gasteiger charge is 2.11. The molecule has 0 radical (unpaired) electrons. The molecule has 0 saturated carbocycles. The van der Waals surface area contributed by atoms with Crippen LogP contribution >= 0.6 is 0 Å². The molecule has 0 amide bonds. The van der Waals surface area contributed by atoms with Gasteiger partial charge >= 0.3 is 0 Å². The Morgan fingerprint density at radius 3 is 2.62 bits per heavy atom.